The van der Waals surface area contributed by atoms with Gasteiger partial charge in [-0.3, -0.25) is 4.79 Å². The fourth-order valence-corrected chi connectivity index (χ4v) is 2.69. The maximum Gasteiger partial charge on any atom is 0.305 e. The first-order valence-electron chi connectivity index (χ1n) is 7.50. The first-order valence-corrected chi connectivity index (χ1v) is 7.50. The fraction of sp³-hybridized carbons (Fsp3) is 0.316. The van der Waals surface area contributed by atoms with Gasteiger partial charge in [0.1, 0.15) is 5.75 Å². The third kappa shape index (κ3) is 4.35. The molecular weight excluding hydrogens is 276 g/mol. The lowest BCUT2D eigenvalue weighted by molar-refractivity contribution is -0.141. The molecule has 0 heterocycles. The molecular formula is C19H22O3. The number of ether oxygens (including phenoxy) is 1. The summed E-state index contributed by atoms with van der Waals surface area (Å²) in [6.07, 6.45) is 1.15. The summed E-state index contributed by atoms with van der Waals surface area (Å²) >= 11 is 0. The van der Waals surface area contributed by atoms with Crippen molar-refractivity contribution in [1.82, 2.24) is 0 Å². The smallest absolute Gasteiger partial charge is 0.305 e. The van der Waals surface area contributed by atoms with Crippen LogP contribution in [0, 0.1) is 5.92 Å². The molecule has 2 aromatic carbocycles. The summed E-state index contributed by atoms with van der Waals surface area (Å²) in [6, 6.07) is 17.4. The molecule has 3 nitrogen and oxygen atoms in total. The van der Waals surface area contributed by atoms with Crippen LogP contribution in [-0.4, -0.2) is 18.2 Å². The number of benzene rings is 2. The summed E-state index contributed by atoms with van der Waals surface area (Å²) in [4.78, 5) is 11.7. The van der Waals surface area contributed by atoms with E-state index in [0.29, 0.717) is 6.42 Å². The molecule has 2 atom stereocenters. The lowest BCUT2D eigenvalue weighted by Gasteiger charge is -2.24. The first kappa shape index (κ1) is 16.1. The van der Waals surface area contributed by atoms with Crippen LogP contribution in [0.25, 0.3) is 0 Å². The van der Waals surface area contributed by atoms with E-state index in [1.54, 1.807) is 12.1 Å². The zero-order valence-electron chi connectivity index (χ0n) is 13.0. The number of hydrogen-bond acceptors (Lipinski definition) is 3. The van der Waals surface area contributed by atoms with Gasteiger partial charge in [0.15, 0.2) is 0 Å². The molecule has 1 N–H and O–H groups in total. The van der Waals surface area contributed by atoms with Gasteiger partial charge in [-0.25, -0.2) is 0 Å². The van der Waals surface area contributed by atoms with Gasteiger partial charge in [-0.05, 0) is 41.5 Å². The van der Waals surface area contributed by atoms with Crippen LogP contribution in [0.5, 0.6) is 5.75 Å². The Morgan fingerprint density at radius 3 is 2.32 bits per heavy atom. The molecule has 0 bridgehead atoms. The number of esters is 1. The predicted octanol–water partition coefficient (Wildman–Crippen LogP) is 3.92. The SMILES string of the molecule is COC(=O)CC(Cc1ccc(O)cc1)C(C)c1ccccc1. The van der Waals surface area contributed by atoms with Crippen molar-refractivity contribution in [3.05, 3.63) is 65.7 Å². The number of hydrogen-bond donors (Lipinski definition) is 1. The van der Waals surface area contributed by atoms with Gasteiger partial charge in [0.25, 0.3) is 0 Å². The second kappa shape index (κ2) is 7.64. The molecule has 0 fully saturated rings. The van der Waals surface area contributed by atoms with E-state index < -0.39 is 0 Å². The quantitative estimate of drug-likeness (QED) is 0.822. The van der Waals surface area contributed by atoms with Crippen molar-refractivity contribution in [2.24, 2.45) is 5.92 Å². The maximum absolute atomic E-state index is 11.7. The topological polar surface area (TPSA) is 46.5 Å². The number of phenols is 1. The van der Waals surface area contributed by atoms with Crippen LogP contribution in [0.1, 0.15) is 30.4 Å². The van der Waals surface area contributed by atoms with E-state index in [2.05, 4.69) is 19.1 Å². The lowest BCUT2D eigenvalue weighted by Crippen LogP contribution is -2.18. The summed E-state index contributed by atoms with van der Waals surface area (Å²) in [5, 5.41) is 9.39. The predicted molar refractivity (Wildman–Crippen MR) is 86.8 cm³/mol. The molecule has 0 spiro atoms. The Bertz CT molecular complexity index is 590. The molecule has 2 aromatic rings. The van der Waals surface area contributed by atoms with Crippen LogP contribution in [0.4, 0.5) is 0 Å². The van der Waals surface area contributed by atoms with Gasteiger partial charge >= 0.3 is 5.97 Å². The largest absolute Gasteiger partial charge is 0.508 e. The van der Waals surface area contributed by atoms with Crippen LogP contribution < -0.4 is 0 Å². The summed E-state index contributed by atoms with van der Waals surface area (Å²) < 4.78 is 4.84. The molecule has 0 saturated heterocycles. The van der Waals surface area contributed by atoms with Gasteiger partial charge in [0, 0.05) is 6.42 Å². The van der Waals surface area contributed by atoms with Crippen molar-refractivity contribution in [2.45, 2.75) is 25.7 Å². The van der Waals surface area contributed by atoms with Crippen LogP contribution in [-0.2, 0) is 16.0 Å². The van der Waals surface area contributed by atoms with Gasteiger partial charge in [0.05, 0.1) is 7.11 Å². The van der Waals surface area contributed by atoms with E-state index >= 15 is 0 Å². The molecule has 0 saturated carbocycles. The maximum atomic E-state index is 11.7. The Balaban J connectivity index is 2.18. The third-order valence-electron chi connectivity index (χ3n) is 4.12. The summed E-state index contributed by atoms with van der Waals surface area (Å²) in [7, 11) is 1.42. The molecule has 0 aliphatic rings. The minimum Gasteiger partial charge on any atom is -0.508 e. The monoisotopic (exact) mass is 298 g/mol. The van der Waals surface area contributed by atoms with Gasteiger partial charge in [-0.15, -0.1) is 0 Å². The van der Waals surface area contributed by atoms with Crippen molar-refractivity contribution < 1.29 is 14.6 Å². The Morgan fingerprint density at radius 2 is 1.73 bits per heavy atom. The molecule has 116 valence electrons. The number of methoxy groups -OCH3 is 1. The second-order valence-electron chi connectivity index (χ2n) is 5.61. The standard InChI is InChI=1S/C19H22O3/c1-14(16-6-4-3-5-7-16)17(13-19(21)22-2)12-15-8-10-18(20)11-9-15/h3-11,14,17,20H,12-13H2,1-2H3. The van der Waals surface area contributed by atoms with Gasteiger partial charge in [0.2, 0.25) is 0 Å². The number of carbonyl (C=O) groups is 1. The molecule has 2 unspecified atom stereocenters. The number of rotatable bonds is 6. The van der Waals surface area contributed by atoms with Gasteiger partial charge < -0.3 is 9.84 Å². The van der Waals surface area contributed by atoms with E-state index in [0.717, 1.165) is 12.0 Å². The Labute approximate surface area is 131 Å². The van der Waals surface area contributed by atoms with E-state index in [9.17, 15) is 9.90 Å². The van der Waals surface area contributed by atoms with Crippen molar-refractivity contribution in [1.29, 1.82) is 0 Å². The molecule has 2 rings (SSSR count). The molecule has 0 radical (unpaired) electrons. The van der Waals surface area contributed by atoms with E-state index in [-0.39, 0.29) is 23.6 Å². The molecule has 22 heavy (non-hydrogen) atoms. The fourth-order valence-electron chi connectivity index (χ4n) is 2.69. The van der Waals surface area contributed by atoms with Gasteiger partial charge in [-0.2, -0.15) is 0 Å². The summed E-state index contributed by atoms with van der Waals surface area (Å²) in [5.74, 6) is 0.462. The molecule has 0 aliphatic carbocycles. The van der Waals surface area contributed by atoms with Crippen molar-refractivity contribution in [2.75, 3.05) is 7.11 Å². The van der Waals surface area contributed by atoms with Gasteiger partial charge in [-0.1, -0.05) is 49.4 Å². The Hall–Kier alpha value is -2.29. The van der Waals surface area contributed by atoms with E-state index in [1.165, 1.54) is 12.7 Å². The number of aromatic hydroxyl groups is 1. The van der Waals surface area contributed by atoms with E-state index in [4.69, 9.17) is 4.74 Å². The Kier molecular flexibility index (Phi) is 5.59. The summed E-state index contributed by atoms with van der Waals surface area (Å²) in [6.45, 7) is 2.14. The minimum atomic E-state index is -0.188. The number of carbonyl (C=O) groups excluding carboxylic acids is 1. The van der Waals surface area contributed by atoms with Crippen LogP contribution in [0.3, 0.4) is 0 Å². The highest BCUT2D eigenvalue weighted by Gasteiger charge is 2.22. The lowest BCUT2D eigenvalue weighted by atomic mass is 9.81. The normalized spacial score (nSPS) is 13.4. The van der Waals surface area contributed by atoms with Crippen LogP contribution in [0.2, 0.25) is 0 Å². The first-order chi connectivity index (χ1) is 10.6. The number of phenolic OH excluding ortho intramolecular Hbond substituents is 1. The Morgan fingerprint density at radius 1 is 1.09 bits per heavy atom. The van der Waals surface area contributed by atoms with Crippen molar-refractivity contribution >= 4 is 5.97 Å². The molecule has 0 aliphatic heterocycles. The summed E-state index contributed by atoms with van der Waals surface area (Å²) in [5.41, 5.74) is 2.32. The van der Waals surface area contributed by atoms with Crippen molar-refractivity contribution in [3.63, 3.8) is 0 Å². The molecule has 0 amide bonds. The highest BCUT2D eigenvalue weighted by atomic mass is 16.5. The minimum absolute atomic E-state index is 0.152. The molecule has 0 aromatic heterocycles. The average molecular weight is 298 g/mol. The van der Waals surface area contributed by atoms with Crippen LogP contribution >= 0.6 is 0 Å². The second-order valence-corrected chi connectivity index (χ2v) is 5.61. The molecule has 3 heteroatoms. The zero-order chi connectivity index (χ0) is 15.9. The van der Waals surface area contributed by atoms with Crippen molar-refractivity contribution in [3.8, 4) is 5.75 Å². The third-order valence-corrected chi connectivity index (χ3v) is 4.12. The average Bonchev–Trinajstić information content (AvgIpc) is 2.56. The highest BCUT2D eigenvalue weighted by molar-refractivity contribution is 5.69. The highest BCUT2D eigenvalue weighted by Crippen LogP contribution is 2.30. The zero-order valence-corrected chi connectivity index (χ0v) is 13.0. The van der Waals surface area contributed by atoms with Crippen LogP contribution in [0.15, 0.2) is 54.6 Å². The van der Waals surface area contributed by atoms with E-state index in [1.807, 2.05) is 30.3 Å².